The smallest absolute Gasteiger partial charge is 0.261 e. The van der Waals surface area contributed by atoms with Gasteiger partial charge in [0, 0.05) is 12.1 Å². The lowest BCUT2D eigenvalue weighted by atomic mass is 9.91. The van der Waals surface area contributed by atoms with Crippen molar-refractivity contribution in [1.29, 1.82) is 0 Å². The fourth-order valence-electron chi connectivity index (χ4n) is 2.57. The summed E-state index contributed by atoms with van der Waals surface area (Å²) in [5, 5.41) is 2.99. The van der Waals surface area contributed by atoms with Gasteiger partial charge in [0.25, 0.3) is 5.91 Å². The number of rotatable bonds is 5. The topological polar surface area (TPSA) is 64.3 Å². The van der Waals surface area contributed by atoms with E-state index in [1.165, 1.54) is 12.1 Å². The van der Waals surface area contributed by atoms with Crippen LogP contribution in [0.15, 0.2) is 24.3 Å². The highest BCUT2D eigenvalue weighted by molar-refractivity contribution is 5.81. The Hall–Kier alpha value is -1.62. The number of ether oxygens (including phenoxy) is 1. The van der Waals surface area contributed by atoms with Gasteiger partial charge in [-0.3, -0.25) is 4.79 Å². The molecule has 21 heavy (non-hydrogen) atoms. The molecule has 1 amide bonds. The SMILES string of the molecule is CCC(Oc1ccccc1F)C(=O)NC1CCC(N)CC1. The van der Waals surface area contributed by atoms with E-state index in [2.05, 4.69) is 5.32 Å². The molecule has 116 valence electrons. The maximum Gasteiger partial charge on any atom is 0.261 e. The van der Waals surface area contributed by atoms with Crippen LogP contribution in [-0.4, -0.2) is 24.1 Å². The molecular formula is C16H23FN2O2. The lowest BCUT2D eigenvalue weighted by Gasteiger charge is -2.28. The second-order valence-electron chi connectivity index (χ2n) is 5.57. The molecular weight excluding hydrogens is 271 g/mol. The van der Waals surface area contributed by atoms with E-state index in [0.29, 0.717) is 6.42 Å². The monoisotopic (exact) mass is 294 g/mol. The van der Waals surface area contributed by atoms with Gasteiger partial charge in [0.05, 0.1) is 0 Å². The van der Waals surface area contributed by atoms with Gasteiger partial charge in [-0.05, 0) is 44.2 Å². The zero-order chi connectivity index (χ0) is 15.2. The lowest BCUT2D eigenvalue weighted by Crippen LogP contribution is -2.46. The number of nitrogens with two attached hydrogens (primary N) is 1. The maximum absolute atomic E-state index is 13.6. The summed E-state index contributed by atoms with van der Waals surface area (Å²) >= 11 is 0. The van der Waals surface area contributed by atoms with Crippen molar-refractivity contribution in [2.75, 3.05) is 0 Å². The van der Waals surface area contributed by atoms with Gasteiger partial charge in [-0.25, -0.2) is 4.39 Å². The van der Waals surface area contributed by atoms with E-state index in [0.717, 1.165) is 25.7 Å². The Morgan fingerprint density at radius 1 is 1.38 bits per heavy atom. The molecule has 0 aliphatic heterocycles. The minimum absolute atomic E-state index is 0.116. The second kappa shape index (κ2) is 7.41. The summed E-state index contributed by atoms with van der Waals surface area (Å²) in [5.74, 6) is -0.515. The Kier molecular flexibility index (Phi) is 5.56. The standard InChI is InChI=1S/C16H23FN2O2/c1-2-14(21-15-6-4-3-5-13(15)17)16(20)19-12-9-7-11(18)8-10-12/h3-6,11-12,14H,2,7-10,18H2,1H3,(H,19,20). The zero-order valence-electron chi connectivity index (χ0n) is 12.3. The molecule has 2 rings (SSSR count). The highest BCUT2D eigenvalue weighted by Gasteiger charge is 2.25. The number of nitrogens with one attached hydrogen (secondary N) is 1. The van der Waals surface area contributed by atoms with Gasteiger partial charge in [0.15, 0.2) is 17.7 Å². The van der Waals surface area contributed by atoms with Crippen LogP contribution in [0.1, 0.15) is 39.0 Å². The van der Waals surface area contributed by atoms with E-state index in [4.69, 9.17) is 10.5 Å². The molecule has 0 heterocycles. The second-order valence-corrected chi connectivity index (χ2v) is 5.57. The highest BCUT2D eigenvalue weighted by Crippen LogP contribution is 2.20. The third kappa shape index (κ3) is 4.43. The molecule has 1 aliphatic carbocycles. The van der Waals surface area contributed by atoms with Crippen LogP contribution in [-0.2, 0) is 4.79 Å². The molecule has 1 aromatic rings. The molecule has 4 nitrogen and oxygen atoms in total. The fourth-order valence-corrected chi connectivity index (χ4v) is 2.57. The third-order valence-corrected chi connectivity index (χ3v) is 3.89. The largest absolute Gasteiger partial charge is 0.478 e. The molecule has 5 heteroatoms. The van der Waals surface area contributed by atoms with Crippen molar-refractivity contribution in [1.82, 2.24) is 5.32 Å². The van der Waals surface area contributed by atoms with E-state index in [1.807, 2.05) is 6.92 Å². The Bertz CT molecular complexity index is 473. The number of carbonyl (C=O) groups excluding carboxylic acids is 1. The molecule has 0 saturated heterocycles. The van der Waals surface area contributed by atoms with Gasteiger partial charge in [0.1, 0.15) is 0 Å². The average molecular weight is 294 g/mol. The number of hydrogen-bond donors (Lipinski definition) is 2. The van der Waals surface area contributed by atoms with Crippen LogP contribution in [0.3, 0.4) is 0 Å². The van der Waals surface area contributed by atoms with Crippen LogP contribution in [0.25, 0.3) is 0 Å². The summed E-state index contributed by atoms with van der Waals surface area (Å²) in [4.78, 5) is 12.2. The predicted octanol–water partition coefficient (Wildman–Crippen LogP) is 2.37. The number of para-hydroxylation sites is 1. The van der Waals surface area contributed by atoms with Crippen molar-refractivity contribution in [3.05, 3.63) is 30.1 Å². The zero-order valence-corrected chi connectivity index (χ0v) is 12.3. The van der Waals surface area contributed by atoms with Gasteiger partial charge >= 0.3 is 0 Å². The highest BCUT2D eigenvalue weighted by atomic mass is 19.1. The number of benzene rings is 1. The van der Waals surface area contributed by atoms with E-state index in [1.54, 1.807) is 12.1 Å². The first-order valence-electron chi connectivity index (χ1n) is 7.57. The van der Waals surface area contributed by atoms with Crippen LogP contribution >= 0.6 is 0 Å². The average Bonchev–Trinajstić information content (AvgIpc) is 2.48. The fraction of sp³-hybridized carbons (Fsp3) is 0.562. The van der Waals surface area contributed by atoms with Crippen LogP contribution in [0, 0.1) is 5.82 Å². The lowest BCUT2D eigenvalue weighted by molar-refractivity contribution is -0.129. The first-order valence-corrected chi connectivity index (χ1v) is 7.57. The summed E-state index contributed by atoms with van der Waals surface area (Å²) in [5.41, 5.74) is 5.85. The number of halogens is 1. The van der Waals surface area contributed by atoms with Crippen LogP contribution < -0.4 is 15.8 Å². The molecule has 3 N–H and O–H groups in total. The summed E-state index contributed by atoms with van der Waals surface area (Å²) < 4.78 is 19.1. The van der Waals surface area contributed by atoms with E-state index in [9.17, 15) is 9.18 Å². The molecule has 1 atom stereocenters. The Balaban J connectivity index is 1.91. The quantitative estimate of drug-likeness (QED) is 0.876. The summed E-state index contributed by atoms with van der Waals surface area (Å²) in [6.45, 7) is 1.85. The Morgan fingerprint density at radius 3 is 2.67 bits per heavy atom. The van der Waals surface area contributed by atoms with Crippen molar-refractivity contribution in [3.63, 3.8) is 0 Å². The van der Waals surface area contributed by atoms with Crippen molar-refractivity contribution in [2.24, 2.45) is 5.73 Å². The van der Waals surface area contributed by atoms with Gasteiger partial charge in [0.2, 0.25) is 0 Å². The predicted molar refractivity (Wildman–Crippen MR) is 79.5 cm³/mol. The van der Waals surface area contributed by atoms with Gasteiger partial charge in [-0.2, -0.15) is 0 Å². The van der Waals surface area contributed by atoms with Crippen LogP contribution in [0.5, 0.6) is 5.75 Å². The van der Waals surface area contributed by atoms with E-state index in [-0.39, 0.29) is 23.7 Å². The minimum atomic E-state index is -0.669. The van der Waals surface area contributed by atoms with Crippen molar-refractivity contribution >= 4 is 5.91 Å². The van der Waals surface area contributed by atoms with Crippen LogP contribution in [0.2, 0.25) is 0 Å². The molecule has 1 unspecified atom stereocenters. The molecule has 1 saturated carbocycles. The van der Waals surface area contributed by atoms with Gasteiger partial charge in [-0.1, -0.05) is 19.1 Å². The maximum atomic E-state index is 13.6. The molecule has 0 bridgehead atoms. The molecule has 0 spiro atoms. The Morgan fingerprint density at radius 2 is 2.05 bits per heavy atom. The van der Waals surface area contributed by atoms with Gasteiger partial charge < -0.3 is 15.8 Å². The van der Waals surface area contributed by atoms with E-state index < -0.39 is 11.9 Å². The molecule has 0 radical (unpaired) electrons. The van der Waals surface area contributed by atoms with Crippen molar-refractivity contribution < 1.29 is 13.9 Å². The first-order chi connectivity index (χ1) is 10.1. The molecule has 1 aliphatic rings. The van der Waals surface area contributed by atoms with E-state index >= 15 is 0 Å². The molecule has 0 aromatic heterocycles. The summed E-state index contributed by atoms with van der Waals surface area (Å²) in [6, 6.07) is 6.53. The number of amides is 1. The minimum Gasteiger partial charge on any atom is -0.478 e. The van der Waals surface area contributed by atoms with Crippen molar-refractivity contribution in [3.8, 4) is 5.75 Å². The Labute approximate surface area is 124 Å². The van der Waals surface area contributed by atoms with Gasteiger partial charge in [-0.15, -0.1) is 0 Å². The van der Waals surface area contributed by atoms with Crippen molar-refractivity contribution in [2.45, 2.75) is 57.2 Å². The molecule has 1 aromatic carbocycles. The number of hydrogen-bond acceptors (Lipinski definition) is 3. The molecule has 1 fully saturated rings. The summed E-state index contributed by atoms with van der Waals surface area (Å²) in [6.07, 6.45) is 3.46. The first kappa shape index (κ1) is 15.8. The third-order valence-electron chi connectivity index (χ3n) is 3.89. The summed E-state index contributed by atoms with van der Waals surface area (Å²) in [7, 11) is 0. The number of carbonyl (C=O) groups is 1. The normalized spacial score (nSPS) is 23.4. The van der Waals surface area contributed by atoms with Crippen LogP contribution in [0.4, 0.5) is 4.39 Å².